The van der Waals surface area contributed by atoms with Crippen molar-refractivity contribution in [3.63, 3.8) is 0 Å². The van der Waals surface area contributed by atoms with E-state index in [1.54, 1.807) is 0 Å². The van der Waals surface area contributed by atoms with E-state index in [4.69, 9.17) is 14.2 Å². The van der Waals surface area contributed by atoms with Crippen molar-refractivity contribution in [1.29, 1.82) is 0 Å². The number of halogens is 3. The first-order chi connectivity index (χ1) is 17.2. The van der Waals surface area contributed by atoms with Gasteiger partial charge in [-0.2, -0.15) is 0 Å². The first-order valence-electron chi connectivity index (χ1n) is 12.5. The van der Waals surface area contributed by atoms with E-state index in [-0.39, 0.29) is 22.6 Å². The number of hydrogen-bond acceptors (Lipinski definition) is 8. The molecule has 4 aliphatic rings. The molecule has 0 aliphatic heterocycles. The van der Waals surface area contributed by atoms with Gasteiger partial charge in [-0.25, -0.2) is 13.2 Å². The summed E-state index contributed by atoms with van der Waals surface area (Å²) in [5.74, 6) is -1.08. The molecule has 0 aromatic heterocycles. The van der Waals surface area contributed by atoms with Crippen molar-refractivity contribution in [2.45, 2.75) is 65.0 Å². The van der Waals surface area contributed by atoms with Gasteiger partial charge < -0.3 is 23.5 Å². The number of rotatable bonds is 11. The second kappa shape index (κ2) is 10.6. The van der Waals surface area contributed by atoms with Crippen LogP contribution < -0.4 is 9.47 Å². The Morgan fingerprint density at radius 1 is 1.08 bits per heavy atom. The van der Waals surface area contributed by atoms with E-state index in [0.29, 0.717) is 24.4 Å². The van der Waals surface area contributed by atoms with Crippen LogP contribution >= 0.6 is 0 Å². The molecule has 8 nitrogen and oxygen atoms in total. The molecule has 4 bridgehead atoms. The minimum atomic E-state index is -5.00. The highest BCUT2D eigenvalue weighted by molar-refractivity contribution is 7.85. The molecule has 1 unspecified atom stereocenters. The van der Waals surface area contributed by atoms with Crippen LogP contribution in [0.25, 0.3) is 0 Å². The molecule has 0 N–H and O–H groups in total. The van der Waals surface area contributed by atoms with E-state index in [1.165, 1.54) is 19.3 Å². The third-order valence-corrected chi connectivity index (χ3v) is 8.14. The average Bonchev–Trinajstić information content (AvgIpc) is 2.74. The molecule has 0 heterocycles. The maximum atomic E-state index is 13.0. The SMILES string of the molecule is CC(C)C(OCC12CC3CC(CC(C3)C1)C2)Oc1cc(C(=O)OCCS(=O)(=O)[O-])ccc1OC(F)(F)F. The Bertz CT molecular complexity index is 1050. The van der Waals surface area contributed by atoms with Crippen LogP contribution in [-0.4, -0.2) is 50.6 Å². The summed E-state index contributed by atoms with van der Waals surface area (Å²) in [7, 11) is -4.60. The van der Waals surface area contributed by atoms with Gasteiger partial charge in [0.25, 0.3) is 0 Å². The molecule has 37 heavy (non-hydrogen) atoms. The predicted molar refractivity (Wildman–Crippen MR) is 124 cm³/mol. The molecule has 0 spiro atoms. The molecule has 4 saturated carbocycles. The van der Waals surface area contributed by atoms with Crippen LogP contribution in [-0.2, 0) is 19.6 Å². The van der Waals surface area contributed by atoms with Crippen molar-refractivity contribution in [2.24, 2.45) is 29.1 Å². The van der Waals surface area contributed by atoms with Gasteiger partial charge >= 0.3 is 12.3 Å². The highest BCUT2D eigenvalue weighted by Gasteiger charge is 2.51. The summed E-state index contributed by atoms with van der Waals surface area (Å²) in [5, 5.41) is 0. The molecule has 208 valence electrons. The Hall–Kier alpha value is -2.05. The average molecular weight is 550 g/mol. The van der Waals surface area contributed by atoms with Crippen molar-refractivity contribution in [1.82, 2.24) is 0 Å². The normalized spacial score (nSPS) is 27.8. The quantitative estimate of drug-likeness (QED) is 0.218. The van der Waals surface area contributed by atoms with Gasteiger partial charge in [-0.3, -0.25) is 0 Å². The van der Waals surface area contributed by atoms with Crippen molar-refractivity contribution < 1.29 is 49.9 Å². The monoisotopic (exact) mass is 549 g/mol. The Morgan fingerprint density at radius 3 is 2.19 bits per heavy atom. The van der Waals surface area contributed by atoms with Gasteiger partial charge in [0.05, 0.1) is 28.0 Å². The second-order valence-corrected chi connectivity index (χ2v) is 12.6. The molecule has 4 aliphatic carbocycles. The highest BCUT2D eigenvalue weighted by atomic mass is 32.2. The van der Waals surface area contributed by atoms with Crippen LogP contribution in [0.5, 0.6) is 11.5 Å². The summed E-state index contributed by atoms with van der Waals surface area (Å²) in [6.07, 6.45) is 1.17. The molecule has 0 saturated heterocycles. The highest BCUT2D eigenvalue weighted by Crippen LogP contribution is 2.60. The molecule has 1 atom stereocenters. The number of alkyl halides is 3. The molecule has 4 fully saturated rings. The van der Waals surface area contributed by atoms with Gasteiger partial charge in [-0.15, -0.1) is 13.2 Å². The number of ether oxygens (including phenoxy) is 4. The largest absolute Gasteiger partial charge is 0.748 e. The van der Waals surface area contributed by atoms with Gasteiger partial charge in [-0.1, -0.05) is 13.8 Å². The minimum absolute atomic E-state index is 0.0596. The summed E-state index contributed by atoms with van der Waals surface area (Å²) < 4.78 is 92.2. The Kier molecular flexibility index (Phi) is 8.02. The van der Waals surface area contributed by atoms with Crippen LogP contribution in [0.15, 0.2) is 18.2 Å². The summed E-state index contributed by atoms with van der Waals surface area (Å²) in [5.41, 5.74) is -0.138. The van der Waals surface area contributed by atoms with Crippen LogP contribution in [0.1, 0.15) is 62.7 Å². The van der Waals surface area contributed by atoms with Crippen LogP contribution in [0, 0.1) is 29.1 Å². The van der Waals surface area contributed by atoms with E-state index < -0.39 is 46.8 Å². The van der Waals surface area contributed by atoms with E-state index >= 15 is 0 Å². The molecule has 12 heteroatoms. The lowest BCUT2D eigenvalue weighted by Crippen LogP contribution is -2.49. The minimum Gasteiger partial charge on any atom is -0.748 e. The van der Waals surface area contributed by atoms with Crippen molar-refractivity contribution in [3.8, 4) is 11.5 Å². The molecular weight excluding hydrogens is 517 g/mol. The molecule has 1 aromatic rings. The maximum Gasteiger partial charge on any atom is 0.573 e. The van der Waals surface area contributed by atoms with Crippen LogP contribution in [0.3, 0.4) is 0 Å². The number of esters is 1. The molecule has 0 amide bonds. The Morgan fingerprint density at radius 2 is 1.68 bits per heavy atom. The van der Waals surface area contributed by atoms with Gasteiger partial charge in [0.1, 0.15) is 6.61 Å². The van der Waals surface area contributed by atoms with E-state index in [9.17, 15) is 30.9 Å². The molecule has 5 rings (SSSR count). The Labute approximate surface area is 214 Å². The summed E-state index contributed by atoms with van der Waals surface area (Å²) in [6, 6.07) is 2.97. The van der Waals surface area contributed by atoms with Crippen LogP contribution in [0.2, 0.25) is 0 Å². The lowest BCUT2D eigenvalue weighted by atomic mass is 9.50. The van der Waals surface area contributed by atoms with Gasteiger partial charge in [0, 0.05) is 5.92 Å². The van der Waals surface area contributed by atoms with E-state index in [0.717, 1.165) is 37.5 Å². The van der Waals surface area contributed by atoms with Gasteiger partial charge in [-0.05, 0) is 79.9 Å². The first kappa shape index (κ1) is 28.0. The van der Waals surface area contributed by atoms with E-state index in [2.05, 4.69) is 4.74 Å². The van der Waals surface area contributed by atoms with Gasteiger partial charge in [0.2, 0.25) is 6.29 Å². The van der Waals surface area contributed by atoms with Crippen LogP contribution in [0.4, 0.5) is 13.2 Å². The lowest BCUT2D eigenvalue weighted by molar-refractivity contribution is -0.275. The second-order valence-electron chi connectivity index (χ2n) is 11.1. The van der Waals surface area contributed by atoms with Crippen molar-refractivity contribution in [2.75, 3.05) is 19.0 Å². The standard InChI is InChI=1S/C25H33F3O8S/c1-15(2)23(34-14-24-11-16-7-17(12-24)9-18(8-16)13-24)35-21-10-19(3-4-20(21)36-25(26,27)28)22(29)33-5-6-37(30,31)32/h3-4,10,15-18,23H,5-9,11-14H2,1-2H3,(H,30,31,32)/p-1. The Balaban J connectivity index is 1.49. The number of benzene rings is 1. The zero-order chi connectivity index (χ0) is 27.0. The third-order valence-electron chi connectivity index (χ3n) is 7.48. The summed E-state index contributed by atoms with van der Waals surface area (Å²) >= 11 is 0. The van der Waals surface area contributed by atoms with Crippen molar-refractivity contribution in [3.05, 3.63) is 23.8 Å². The summed E-state index contributed by atoms with van der Waals surface area (Å²) in [4.78, 5) is 12.3. The molecular formula is C25H32F3O8S-. The fourth-order valence-electron chi connectivity index (χ4n) is 6.47. The summed E-state index contributed by atoms with van der Waals surface area (Å²) in [6.45, 7) is 3.39. The van der Waals surface area contributed by atoms with E-state index in [1.807, 2.05) is 13.8 Å². The topological polar surface area (TPSA) is 111 Å². The predicted octanol–water partition coefficient (Wildman–Crippen LogP) is 4.88. The smallest absolute Gasteiger partial charge is 0.573 e. The number of carbonyl (C=O) groups excluding carboxylic acids is 1. The third kappa shape index (κ3) is 7.51. The zero-order valence-electron chi connectivity index (χ0n) is 20.8. The number of hydrogen-bond donors (Lipinski definition) is 0. The fourth-order valence-corrected chi connectivity index (χ4v) is 6.76. The molecule has 1 aromatic carbocycles. The zero-order valence-corrected chi connectivity index (χ0v) is 21.6. The first-order valence-corrected chi connectivity index (χ1v) is 14.1. The van der Waals surface area contributed by atoms with Crippen molar-refractivity contribution >= 4 is 16.1 Å². The lowest BCUT2D eigenvalue weighted by Gasteiger charge is -2.56. The molecule has 0 radical (unpaired) electrons. The fraction of sp³-hybridized carbons (Fsp3) is 0.720. The van der Waals surface area contributed by atoms with Gasteiger partial charge in [0.15, 0.2) is 11.5 Å². The maximum absolute atomic E-state index is 13.0. The number of carbonyl (C=O) groups is 1.